The standard InChI is InChI=1S/C25H31N3O4/c1-26(2)15-6-16-28-22(17-7-11-19(12-8-17)27(3)4)21(24(30)25(28)31)23(29)18-9-13-20(32-5)14-10-18/h7-14,22,29H,6,15-16H2,1-5H3/t22-/m0/s1. The first kappa shape index (κ1) is 23.3. The van der Waals surface area contributed by atoms with Gasteiger partial charge in [-0.15, -0.1) is 0 Å². The fourth-order valence-corrected chi connectivity index (χ4v) is 3.87. The molecule has 1 aliphatic rings. The van der Waals surface area contributed by atoms with E-state index in [0.717, 1.165) is 24.2 Å². The van der Waals surface area contributed by atoms with Gasteiger partial charge < -0.3 is 24.5 Å². The smallest absolute Gasteiger partial charge is 0.295 e. The lowest BCUT2D eigenvalue weighted by molar-refractivity contribution is -0.139. The Hall–Kier alpha value is -3.32. The predicted molar refractivity (Wildman–Crippen MR) is 126 cm³/mol. The molecule has 1 fully saturated rings. The number of Topliss-reactive ketones (excluding diaryl/α,β-unsaturated/α-hetero) is 1. The summed E-state index contributed by atoms with van der Waals surface area (Å²) in [6, 6.07) is 13.9. The zero-order valence-corrected chi connectivity index (χ0v) is 19.3. The molecule has 7 nitrogen and oxygen atoms in total. The molecule has 1 amide bonds. The number of anilines is 1. The number of benzene rings is 2. The second kappa shape index (κ2) is 9.87. The molecule has 1 heterocycles. The molecule has 0 radical (unpaired) electrons. The number of hydrogen-bond donors (Lipinski definition) is 1. The van der Waals surface area contributed by atoms with Crippen molar-refractivity contribution in [1.29, 1.82) is 0 Å². The van der Waals surface area contributed by atoms with Gasteiger partial charge in [0.25, 0.3) is 11.7 Å². The van der Waals surface area contributed by atoms with E-state index in [2.05, 4.69) is 0 Å². The van der Waals surface area contributed by atoms with E-state index in [1.165, 1.54) is 0 Å². The Bertz CT molecular complexity index is 995. The van der Waals surface area contributed by atoms with Crippen molar-refractivity contribution in [2.45, 2.75) is 12.5 Å². The molecule has 2 aromatic carbocycles. The summed E-state index contributed by atoms with van der Waals surface area (Å²) in [6.07, 6.45) is 0.717. The van der Waals surface area contributed by atoms with Crippen LogP contribution in [-0.2, 0) is 9.59 Å². The lowest BCUT2D eigenvalue weighted by atomic mass is 9.95. The van der Waals surface area contributed by atoms with E-state index in [9.17, 15) is 14.7 Å². The van der Waals surface area contributed by atoms with Gasteiger partial charge in [-0.1, -0.05) is 12.1 Å². The normalized spacial score (nSPS) is 17.8. The second-order valence-corrected chi connectivity index (χ2v) is 8.36. The van der Waals surface area contributed by atoms with Gasteiger partial charge in [-0.05, 0) is 69.0 Å². The third-order valence-corrected chi connectivity index (χ3v) is 5.63. The summed E-state index contributed by atoms with van der Waals surface area (Å²) in [4.78, 5) is 31.6. The fourth-order valence-electron chi connectivity index (χ4n) is 3.87. The van der Waals surface area contributed by atoms with Crippen LogP contribution >= 0.6 is 0 Å². The highest BCUT2D eigenvalue weighted by Crippen LogP contribution is 2.40. The summed E-state index contributed by atoms with van der Waals surface area (Å²) in [7, 11) is 9.40. The maximum absolute atomic E-state index is 13.1. The monoisotopic (exact) mass is 437 g/mol. The summed E-state index contributed by atoms with van der Waals surface area (Å²) in [5.41, 5.74) is 2.37. The molecule has 0 unspecified atom stereocenters. The van der Waals surface area contributed by atoms with E-state index in [0.29, 0.717) is 17.9 Å². The van der Waals surface area contributed by atoms with Crippen LogP contribution in [0.5, 0.6) is 5.75 Å². The van der Waals surface area contributed by atoms with Crippen LogP contribution in [0.25, 0.3) is 5.76 Å². The van der Waals surface area contributed by atoms with E-state index in [4.69, 9.17) is 4.74 Å². The molecule has 32 heavy (non-hydrogen) atoms. The number of carbonyl (C=O) groups excluding carboxylic acids is 2. The zero-order chi connectivity index (χ0) is 23.4. The van der Waals surface area contributed by atoms with Crippen LogP contribution in [0.1, 0.15) is 23.6 Å². The minimum absolute atomic E-state index is 0.114. The first-order chi connectivity index (χ1) is 15.2. The molecule has 0 saturated carbocycles. The Morgan fingerprint density at radius 3 is 2.16 bits per heavy atom. The van der Waals surface area contributed by atoms with Crippen molar-refractivity contribution in [2.24, 2.45) is 0 Å². The fraction of sp³-hybridized carbons (Fsp3) is 0.360. The van der Waals surface area contributed by atoms with Gasteiger partial charge in [0.1, 0.15) is 11.5 Å². The maximum Gasteiger partial charge on any atom is 0.295 e. The van der Waals surface area contributed by atoms with Crippen molar-refractivity contribution in [2.75, 3.05) is 53.3 Å². The molecule has 2 aromatic rings. The van der Waals surface area contributed by atoms with Crippen LogP contribution in [0.4, 0.5) is 5.69 Å². The van der Waals surface area contributed by atoms with Gasteiger partial charge in [-0.2, -0.15) is 0 Å². The molecule has 7 heteroatoms. The topological polar surface area (TPSA) is 73.3 Å². The van der Waals surface area contributed by atoms with Crippen LogP contribution in [-0.4, -0.2) is 75.0 Å². The van der Waals surface area contributed by atoms with Crippen LogP contribution in [0.15, 0.2) is 54.1 Å². The SMILES string of the molecule is COc1ccc(C(O)=C2C(=O)C(=O)N(CCCN(C)C)[C@H]2c2ccc(N(C)C)cc2)cc1. The van der Waals surface area contributed by atoms with Gasteiger partial charge in [0.05, 0.1) is 18.7 Å². The van der Waals surface area contributed by atoms with Crippen LogP contribution in [0, 0.1) is 0 Å². The Balaban J connectivity index is 2.07. The first-order valence-corrected chi connectivity index (χ1v) is 10.6. The molecule has 3 rings (SSSR count). The molecule has 0 aromatic heterocycles. The minimum atomic E-state index is -0.662. The number of likely N-dealkylation sites (tertiary alicyclic amines) is 1. The van der Waals surface area contributed by atoms with Gasteiger partial charge in [0, 0.05) is 31.9 Å². The van der Waals surface area contributed by atoms with Crippen LogP contribution in [0.3, 0.4) is 0 Å². The third kappa shape index (κ3) is 4.78. The highest BCUT2D eigenvalue weighted by molar-refractivity contribution is 6.46. The quantitative estimate of drug-likeness (QED) is 0.389. The number of nitrogens with zero attached hydrogens (tertiary/aromatic N) is 3. The molecule has 0 bridgehead atoms. The summed E-state index contributed by atoms with van der Waals surface area (Å²) >= 11 is 0. The Kier molecular flexibility index (Phi) is 7.20. The van der Waals surface area contributed by atoms with Crippen molar-refractivity contribution < 1.29 is 19.4 Å². The van der Waals surface area contributed by atoms with Gasteiger partial charge in [-0.3, -0.25) is 9.59 Å². The molecule has 1 aliphatic heterocycles. The second-order valence-electron chi connectivity index (χ2n) is 8.36. The number of hydrogen-bond acceptors (Lipinski definition) is 6. The number of amides is 1. The first-order valence-electron chi connectivity index (χ1n) is 10.6. The minimum Gasteiger partial charge on any atom is -0.507 e. The summed E-state index contributed by atoms with van der Waals surface area (Å²) in [5, 5.41) is 11.1. The van der Waals surface area contributed by atoms with Crippen molar-refractivity contribution in [3.63, 3.8) is 0 Å². The summed E-state index contributed by atoms with van der Waals surface area (Å²) < 4.78 is 5.18. The van der Waals surface area contributed by atoms with Crippen LogP contribution < -0.4 is 9.64 Å². The van der Waals surface area contributed by atoms with Crippen molar-refractivity contribution in [3.8, 4) is 5.75 Å². The Morgan fingerprint density at radius 2 is 1.62 bits per heavy atom. The van der Waals surface area contributed by atoms with Gasteiger partial charge in [0.15, 0.2) is 0 Å². The summed E-state index contributed by atoms with van der Waals surface area (Å²) in [5.74, 6) is -0.783. The third-order valence-electron chi connectivity index (χ3n) is 5.63. The van der Waals surface area contributed by atoms with Crippen molar-refractivity contribution in [3.05, 3.63) is 65.2 Å². The number of aliphatic hydroxyl groups is 1. The number of carbonyl (C=O) groups is 2. The van der Waals surface area contributed by atoms with Gasteiger partial charge in [0.2, 0.25) is 0 Å². The number of ether oxygens (including phenoxy) is 1. The molecule has 1 saturated heterocycles. The number of ketones is 1. The molecule has 0 aliphatic carbocycles. The maximum atomic E-state index is 13.1. The van der Waals surface area contributed by atoms with E-state index in [1.54, 1.807) is 36.3 Å². The van der Waals surface area contributed by atoms with E-state index < -0.39 is 17.7 Å². The Morgan fingerprint density at radius 1 is 1.00 bits per heavy atom. The van der Waals surface area contributed by atoms with Crippen molar-refractivity contribution >= 4 is 23.1 Å². The van der Waals surface area contributed by atoms with E-state index >= 15 is 0 Å². The lowest BCUT2D eigenvalue weighted by Gasteiger charge is -2.26. The highest BCUT2D eigenvalue weighted by atomic mass is 16.5. The average molecular weight is 438 g/mol. The van der Waals surface area contributed by atoms with Gasteiger partial charge >= 0.3 is 0 Å². The van der Waals surface area contributed by atoms with Crippen molar-refractivity contribution in [1.82, 2.24) is 9.80 Å². The molecule has 0 spiro atoms. The number of methoxy groups -OCH3 is 1. The largest absolute Gasteiger partial charge is 0.507 e. The number of aliphatic hydroxyl groups excluding tert-OH is 1. The van der Waals surface area contributed by atoms with E-state index in [-0.39, 0.29) is 11.3 Å². The zero-order valence-electron chi connectivity index (χ0n) is 19.3. The highest BCUT2D eigenvalue weighted by Gasteiger charge is 2.45. The van der Waals surface area contributed by atoms with E-state index in [1.807, 2.05) is 62.3 Å². The number of rotatable bonds is 8. The molecule has 1 N–H and O–H groups in total. The summed E-state index contributed by atoms with van der Waals surface area (Å²) in [6.45, 7) is 1.20. The average Bonchev–Trinajstić information content (AvgIpc) is 3.03. The predicted octanol–water partition coefficient (Wildman–Crippen LogP) is 3.13. The van der Waals surface area contributed by atoms with Gasteiger partial charge in [-0.25, -0.2) is 0 Å². The molecular formula is C25H31N3O4. The Labute approximate surface area is 189 Å². The molecule has 170 valence electrons. The molecule has 1 atom stereocenters. The lowest BCUT2D eigenvalue weighted by Crippen LogP contribution is -2.32. The van der Waals surface area contributed by atoms with Crippen LogP contribution in [0.2, 0.25) is 0 Å². The molecular weight excluding hydrogens is 406 g/mol.